The first-order chi connectivity index (χ1) is 12.2. The van der Waals surface area contributed by atoms with E-state index >= 15 is 0 Å². The minimum absolute atomic E-state index is 0.0431. The lowest BCUT2D eigenvalue weighted by molar-refractivity contribution is -0.387. The summed E-state index contributed by atoms with van der Waals surface area (Å²) in [5.41, 5.74) is -0.836. The smallest absolute Gasteiger partial charge is 0.317 e. The van der Waals surface area contributed by atoms with Crippen LogP contribution in [0.25, 0.3) is 0 Å². The zero-order chi connectivity index (χ0) is 19.5. The summed E-state index contributed by atoms with van der Waals surface area (Å²) < 4.78 is 33.3. The van der Waals surface area contributed by atoms with Crippen molar-refractivity contribution in [3.8, 4) is 5.75 Å². The molecule has 2 unspecified atom stereocenters. The Morgan fingerprint density at radius 2 is 2.04 bits per heavy atom. The lowest BCUT2D eigenvalue weighted by Gasteiger charge is -2.33. The van der Waals surface area contributed by atoms with E-state index in [0.29, 0.717) is 9.64 Å². The SMILES string of the molecule is CCC(O)C(O)(Nc1ccc(I)cc1F)Oc1cc(F)ccc1[N+](=O)[O-]. The Bertz CT molecular complexity index is 823. The number of hydrogen-bond acceptors (Lipinski definition) is 6. The van der Waals surface area contributed by atoms with Crippen LogP contribution in [0.4, 0.5) is 20.2 Å². The molecule has 0 aliphatic heterocycles. The maximum absolute atomic E-state index is 14.1. The molecule has 7 nitrogen and oxygen atoms in total. The number of nitro groups is 1. The normalized spacial score (nSPS) is 14.4. The van der Waals surface area contributed by atoms with E-state index in [1.54, 1.807) is 0 Å². The van der Waals surface area contributed by atoms with Gasteiger partial charge in [0, 0.05) is 15.7 Å². The molecule has 0 fully saturated rings. The van der Waals surface area contributed by atoms with Crippen molar-refractivity contribution in [2.75, 3.05) is 5.32 Å². The third kappa shape index (κ3) is 4.56. The number of aliphatic hydroxyl groups is 2. The molecule has 0 saturated carbocycles. The quantitative estimate of drug-likeness (QED) is 0.243. The van der Waals surface area contributed by atoms with E-state index in [9.17, 15) is 29.1 Å². The van der Waals surface area contributed by atoms with E-state index in [-0.39, 0.29) is 12.1 Å². The topological polar surface area (TPSA) is 105 Å². The number of nitrogens with one attached hydrogen (secondary N) is 1. The lowest BCUT2D eigenvalue weighted by atomic mass is 10.2. The molecule has 2 aromatic rings. The number of nitro benzene ring substituents is 1. The molecular formula is C16H15F2IN2O5. The van der Waals surface area contributed by atoms with E-state index in [1.165, 1.54) is 25.1 Å². The number of anilines is 1. The molecule has 0 spiro atoms. The van der Waals surface area contributed by atoms with Crippen LogP contribution in [0.3, 0.4) is 0 Å². The number of aliphatic hydroxyl groups excluding tert-OH is 1. The molecule has 3 N–H and O–H groups in total. The first-order valence-electron chi connectivity index (χ1n) is 7.43. The van der Waals surface area contributed by atoms with E-state index < -0.39 is 40.0 Å². The van der Waals surface area contributed by atoms with E-state index in [0.717, 1.165) is 12.1 Å². The van der Waals surface area contributed by atoms with Crippen LogP contribution in [0.5, 0.6) is 5.75 Å². The van der Waals surface area contributed by atoms with E-state index in [1.807, 2.05) is 22.6 Å². The van der Waals surface area contributed by atoms with Gasteiger partial charge in [-0.2, -0.15) is 0 Å². The molecule has 0 aliphatic rings. The van der Waals surface area contributed by atoms with Crippen molar-refractivity contribution >= 4 is 34.0 Å². The van der Waals surface area contributed by atoms with Gasteiger partial charge in [0.15, 0.2) is 0 Å². The van der Waals surface area contributed by atoms with Crippen molar-refractivity contribution in [1.82, 2.24) is 0 Å². The van der Waals surface area contributed by atoms with E-state index in [4.69, 9.17) is 4.74 Å². The zero-order valence-electron chi connectivity index (χ0n) is 13.4. The highest BCUT2D eigenvalue weighted by Gasteiger charge is 2.40. The Morgan fingerprint density at radius 3 is 2.62 bits per heavy atom. The standard InChI is InChI=1S/C16H15F2IN2O5/c1-2-15(22)16(23,20-12-5-4-10(19)8-11(12)18)26-14-7-9(17)3-6-13(14)21(24)25/h3-8,15,20,22-23H,2H2,1H3. The minimum Gasteiger partial charge on any atom is -0.435 e. The number of nitrogens with zero attached hydrogens (tertiary/aromatic N) is 1. The molecule has 10 heteroatoms. The summed E-state index contributed by atoms with van der Waals surface area (Å²) in [4.78, 5) is 10.3. The number of ether oxygens (including phenoxy) is 1. The van der Waals surface area contributed by atoms with Gasteiger partial charge in [-0.15, -0.1) is 0 Å². The molecular weight excluding hydrogens is 465 g/mol. The number of halogens is 3. The third-order valence-corrected chi connectivity index (χ3v) is 4.14. The van der Waals surface area contributed by atoms with Crippen molar-refractivity contribution < 1.29 is 28.7 Å². The summed E-state index contributed by atoms with van der Waals surface area (Å²) in [6, 6.07) is 6.41. The minimum atomic E-state index is -2.64. The fourth-order valence-electron chi connectivity index (χ4n) is 2.13. The molecule has 0 heterocycles. The summed E-state index contributed by atoms with van der Waals surface area (Å²) in [6.07, 6.45) is -1.65. The molecule has 2 aromatic carbocycles. The number of benzene rings is 2. The number of rotatable bonds is 7. The molecule has 0 aromatic heterocycles. The van der Waals surface area contributed by atoms with Crippen molar-refractivity contribution in [1.29, 1.82) is 0 Å². The molecule has 2 rings (SSSR count). The molecule has 0 saturated heterocycles. The van der Waals surface area contributed by atoms with Gasteiger partial charge < -0.3 is 20.3 Å². The molecule has 2 atom stereocenters. The van der Waals surface area contributed by atoms with Crippen LogP contribution in [-0.2, 0) is 0 Å². The second-order valence-electron chi connectivity index (χ2n) is 5.34. The molecule has 0 radical (unpaired) electrons. The van der Waals surface area contributed by atoms with Crippen LogP contribution in [-0.4, -0.2) is 27.2 Å². The second-order valence-corrected chi connectivity index (χ2v) is 6.59. The highest BCUT2D eigenvalue weighted by molar-refractivity contribution is 14.1. The van der Waals surface area contributed by atoms with Gasteiger partial charge in [0.1, 0.15) is 17.7 Å². The first-order valence-corrected chi connectivity index (χ1v) is 8.50. The summed E-state index contributed by atoms with van der Waals surface area (Å²) in [5.74, 6) is -4.85. The van der Waals surface area contributed by atoms with Gasteiger partial charge in [0.05, 0.1) is 10.6 Å². The largest absolute Gasteiger partial charge is 0.435 e. The Balaban J connectivity index is 2.44. The lowest BCUT2D eigenvalue weighted by Crippen LogP contribution is -2.54. The summed E-state index contributed by atoms with van der Waals surface area (Å²) in [6.45, 7) is 1.50. The van der Waals surface area contributed by atoms with E-state index in [2.05, 4.69) is 5.32 Å². The van der Waals surface area contributed by atoms with Crippen molar-refractivity contribution in [3.05, 3.63) is 61.7 Å². The van der Waals surface area contributed by atoms with Gasteiger partial charge >= 0.3 is 11.6 Å². The predicted octanol–water partition coefficient (Wildman–Crippen LogP) is 3.39. The average molecular weight is 480 g/mol. The molecule has 26 heavy (non-hydrogen) atoms. The van der Waals surface area contributed by atoms with Gasteiger partial charge in [-0.05, 0) is 53.3 Å². The van der Waals surface area contributed by atoms with Crippen LogP contribution in [0, 0.1) is 25.3 Å². The molecule has 0 bridgehead atoms. The van der Waals surface area contributed by atoms with Crippen LogP contribution in [0.15, 0.2) is 36.4 Å². The van der Waals surface area contributed by atoms with Crippen molar-refractivity contribution in [3.63, 3.8) is 0 Å². The third-order valence-electron chi connectivity index (χ3n) is 3.47. The summed E-state index contributed by atoms with van der Waals surface area (Å²) in [7, 11) is 0. The van der Waals surface area contributed by atoms with Gasteiger partial charge in [0.2, 0.25) is 5.75 Å². The summed E-state index contributed by atoms with van der Waals surface area (Å²) in [5, 5.41) is 34.2. The van der Waals surface area contributed by atoms with Crippen LogP contribution in [0.1, 0.15) is 13.3 Å². The predicted molar refractivity (Wildman–Crippen MR) is 97.7 cm³/mol. The Kier molecular flexibility index (Phi) is 6.31. The monoisotopic (exact) mass is 480 g/mol. The summed E-state index contributed by atoms with van der Waals surface area (Å²) >= 11 is 1.89. The molecule has 0 amide bonds. The van der Waals surface area contributed by atoms with Crippen LogP contribution in [0.2, 0.25) is 0 Å². The Morgan fingerprint density at radius 1 is 1.35 bits per heavy atom. The van der Waals surface area contributed by atoms with Crippen molar-refractivity contribution in [2.45, 2.75) is 25.4 Å². The van der Waals surface area contributed by atoms with Gasteiger partial charge in [-0.1, -0.05) is 6.92 Å². The highest BCUT2D eigenvalue weighted by atomic mass is 127. The fourth-order valence-corrected chi connectivity index (χ4v) is 2.58. The average Bonchev–Trinajstić information content (AvgIpc) is 2.56. The van der Waals surface area contributed by atoms with Gasteiger partial charge in [-0.3, -0.25) is 10.1 Å². The highest BCUT2D eigenvalue weighted by Crippen LogP contribution is 2.32. The Labute approximate surface area is 160 Å². The first kappa shape index (κ1) is 20.3. The van der Waals surface area contributed by atoms with Crippen LogP contribution >= 0.6 is 22.6 Å². The Hall–Kier alpha value is -2.05. The molecule has 0 aliphatic carbocycles. The van der Waals surface area contributed by atoms with Crippen LogP contribution < -0.4 is 10.1 Å². The van der Waals surface area contributed by atoms with Crippen molar-refractivity contribution in [2.24, 2.45) is 0 Å². The van der Waals surface area contributed by atoms with Gasteiger partial charge in [-0.25, -0.2) is 8.78 Å². The second kappa shape index (κ2) is 8.10. The fraction of sp³-hybridized carbons (Fsp3) is 0.250. The molecule has 140 valence electrons. The number of hydrogen-bond donors (Lipinski definition) is 3. The maximum Gasteiger partial charge on any atom is 0.317 e. The maximum atomic E-state index is 14.1. The van der Waals surface area contributed by atoms with Gasteiger partial charge in [0.25, 0.3) is 0 Å². The zero-order valence-corrected chi connectivity index (χ0v) is 15.6.